The summed E-state index contributed by atoms with van der Waals surface area (Å²) in [5.41, 5.74) is -0.165. The number of thiophene rings is 1. The van der Waals surface area contributed by atoms with E-state index in [0.717, 1.165) is 17.4 Å². The number of rotatable bonds is 4. The Hall–Kier alpha value is -0.990. The number of carbonyl (C=O) groups is 1. The van der Waals surface area contributed by atoms with Gasteiger partial charge < -0.3 is 5.11 Å². The smallest absolute Gasteiger partial charge is 0.337 e. The van der Waals surface area contributed by atoms with Crippen molar-refractivity contribution >= 4 is 67.8 Å². The summed E-state index contributed by atoms with van der Waals surface area (Å²) in [5.74, 6) is -1.27. The maximum absolute atomic E-state index is 12.2. The number of anilines is 1. The molecule has 2 N–H and O–H groups in total. The Labute approximate surface area is 139 Å². The van der Waals surface area contributed by atoms with Gasteiger partial charge in [0, 0.05) is 5.69 Å². The number of carboxylic acid groups (broad SMARTS) is 1. The second-order valence-electron chi connectivity index (χ2n) is 3.79. The van der Waals surface area contributed by atoms with Crippen molar-refractivity contribution in [1.29, 1.82) is 0 Å². The van der Waals surface area contributed by atoms with E-state index in [1.807, 2.05) is 0 Å². The van der Waals surface area contributed by atoms with Gasteiger partial charge >= 0.3 is 5.97 Å². The zero-order chi connectivity index (χ0) is 15.8. The molecule has 2 rings (SSSR count). The summed E-state index contributed by atoms with van der Waals surface area (Å²) in [6, 6.07) is 4.95. The van der Waals surface area contributed by atoms with Crippen LogP contribution in [0.5, 0.6) is 0 Å². The van der Waals surface area contributed by atoms with Crippen molar-refractivity contribution in [1.82, 2.24) is 0 Å². The predicted molar refractivity (Wildman–Crippen MR) is 83.6 cm³/mol. The van der Waals surface area contributed by atoms with Crippen LogP contribution < -0.4 is 4.72 Å². The first-order valence-electron chi connectivity index (χ1n) is 5.21. The van der Waals surface area contributed by atoms with E-state index in [9.17, 15) is 13.2 Å². The van der Waals surface area contributed by atoms with Crippen LogP contribution in [-0.2, 0) is 10.0 Å². The molecular formula is C11H6Cl3NO4S2. The third kappa shape index (κ3) is 3.61. The fourth-order valence-corrected chi connectivity index (χ4v) is 4.87. The highest BCUT2D eigenvalue weighted by Gasteiger charge is 2.22. The van der Waals surface area contributed by atoms with E-state index in [1.165, 1.54) is 18.2 Å². The molecule has 0 radical (unpaired) electrons. The lowest BCUT2D eigenvalue weighted by atomic mass is 10.2. The van der Waals surface area contributed by atoms with Crippen LogP contribution in [0.1, 0.15) is 10.4 Å². The van der Waals surface area contributed by atoms with E-state index < -0.39 is 16.0 Å². The summed E-state index contributed by atoms with van der Waals surface area (Å²) in [7, 11) is -3.97. The Kier molecular flexibility index (Phi) is 4.69. The SMILES string of the molecule is O=C(O)c1cc(NS(=O)(=O)c2cc(Cl)sc2Cl)ccc1Cl. The molecule has 0 unspecified atom stereocenters. The van der Waals surface area contributed by atoms with E-state index in [0.29, 0.717) is 0 Å². The normalized spacial score (nSPS) is 11.4. The average molecular weight is 387 g/mol. The summed E-state index contributed by atoms with van der Waals surface area (Å²) < 4.78 is 26.8. The highest BCUT2D eigenvalue weighted by molar-refractivity contribution is 7.93. The number of hydrogen-bond acceptors (Lipinski definition) is 4. The number of carboxylic acids is 1. The molecule has 0 aliphatic rings. The average Bonchev–Trinajstić information content (AvgIpc) is 2.71. The van der Waals surface area contributed by atoms with E-state index in [-0.39, 0.29) is 29.8 Å². The topological polar surface area (TPSA) is 83.5 Å². The molecule has 112 valence electrons. The van der Waals surface area contributed by atoms with Crippen LogP contribution in [0.4, 0.5) is 5.69 Å². The number of halogens is 3. The van der Waals surface area contributed by atoms with Crippen LogP contribution in [0.25, 0.3) is 0 Å². The largest absolute Gasteiger partial charge is 0.478 e. The van der Waals surface area contributed by atoms with Crippen molar-refractivity contribution in [2.45, 2.75) is 4.90 Å². The fraction of sp³-hybridized carbons (Fsp3) is 0. The molecule has 2 aromatic rings. The second kappa shape index (κ2) is 6.02. The van der Waals surface area contributed by atoms with Crippen LogP contribution >= 0.6 is 46.1 Å². The molecule has 0 atom stereocenters. The van der Waals surface area contributed by atoms with Gasteiger partial charge in [-0.15, -0.1) is 11.3 Å². The van der Waals surface area contributed by atoms with Gasteiger partial charge in [0.05, 0.1) is 14.9 Å². The van der Waals surface area contributed by atoms with Gasteiger partial charge in [-0.1, -0.05) is 34.8 Å². The quantitative estimate of drug-likeness (QED) is 0.824. The fourth-order valence-electron chi connectivity index (χ4n) is 1.47. The van der Waals surface area contributed by atoms with Crippen LogP contribution in [0.15, 0.2) is 29.2 Å². The first-order chi connectivity index (χ1) is 9.70. The highest BCUT2D eigenvalue weighted by atomic mass is 35.5. The Bertz CT molecular complexity index is 817. The zero-order valence-corrected chi connectivity index (χ0v) is 13.8. The summed E-state index contributed by atoms with van der Waals surface area (Å²) in [5, 5.41) is 8.96. The van der Waals surface area contributed by atoms with Crippen molar-refractivity contribution in [3.8, 4) is 0 Å². The van der Waals surface area contributed by atoms with E-state index in [2.05, 4.69) is 4.72 Å². The molecule has 21 heavy (non-hydrogen) atoms. The van der Waals surface area contributed by atoms with E-state index in [4.69, 9.17) is 39.9 Å². The standard InChI is InChI=1S/C11H6Cl3NO4S2/c12-7-2-1-5(3-6(7)11(16)17)15-21(18,19)8-4-9(13)20-10(8)14/h1-4,15H,(H,16,17). The minimum atomic E-state index is -3.97. The van der Waals surface area contributed by atoms with Crippen LogP contribution in [0, 0.1) is 0 Å². The maximum Gasteiger partial charge on any atom is 0.337 e. The number of hydrogen-bond donors (Lipinski definition) is 2. The highest BCUT2D eigenvalue weighted by Crippen LogP contribution is 2.35. The van der Waals surface area contributed by atoms with Gasteiger partial charge in [-0.2, -0.15) is 0 Å². The summed E-state index contributed by atoms with van der Waals surface area (Å²) in [6.07, 6.45) is 0. The maximum atomic E-state index is 12.2. The Morgan fingerprint density at radius 2 is 1.86 bits per heavy atom. The molecule has 0 aliphatic carbocycles. The first-order valence-corrected chi connectivity index (χ1v) is 8.64. The Morgan fingerprint density at radius 3 is 2.38 bits per heavy atom. The summed E-state index contributed by atoms with van der Waals surface area (Å²) >= 11 is 18.1. The van der Waals surface area contributed by atoms with E-state index >= 15 is 0 Å². The third-order valence-electron chi connectivity index (χ3n) is 2.36. The molecule has 0 aliphatic heterocycles. The molecule has 1 aromatic carbocycles. The molecule has 1 aromatic heterocycles. The predicted octanol–water partition coefficient (Wildman–Crippen LogP) is 4.21. The van der Waals surface area contributed by atoms with Crippen molar-refractivity contribution in [2.75, 3.05) is 4.72 Å². The lowest BCUT2D eigenvalue weighted by Crippen LogP contribution is -2.13. The Balaban J connectivity index is 2.40. The monoisotopic (exact) mass is 385 g/mol. The molecule has 0 amide bonds. The minimum Gasteiger partial charge on any atom is -0.478 e. The minimum absolute atomic E-state index is 0.00191. The molecule has 5 nitrogen and oxygen atoms in total. The van der Waals surface area contributed by atoms with Crippen LogP contribution in [-0.4, -0.2) is 19.5 Å². The van der Waals surface area contributed by atoms with Crippen molar-refractivity contribution in [3.63, 3.8) is 0 Å². The first kappa shape index (κ1) is 16.4. The van der Waals surface area contributed by atoms with Crippen LogP contribution in [0.3, 0.4) is 0 Å². The van der Waals surface area contributed by atoms with Crippen LogP contribution in [0.2, 0.25) is 13.7 Å². The molecule has 0 spiro atoms. The molecule has 0 bridgehead atoms. The lowest BCUT2D eigenvalue weighted by molar-refractivity contribution is 0.0697. The van der Waals surface area contributed by atoms with Gasteiger partial charge in [0.2, 0.25) is 0 Å². The molecule has 1 heterocycles. The molecule has 0 saturated heterocycles. The third-order valence-corrected chi connectivity index (χ3v) is 5.83. The summed E-state index contributed by atoms with van der Waals surface area (Å²) in [4.78, 5) is 10.8. The van der Waals surface area contributed by atoms with Gasteiger partial charge in [0.25, 0.3) is 10.0 Å². The van der Waals surface area contributed by atoms with Gasteiger partial charge in [-0.25, -0.2) is 13.2 Å². The molecule has 0 fully saturated rings. The second-order valence-corrected chi connectivity index (χ2v) is 8.14. The Morgan fingerprint density at radius 1 is 1.19 bits per heavy atom. The molecule has 10 heteroatoms. The van der Waals surface area contributed by atoms with E-state index in [1.54, 1.807) is 0 Å². The van der Waals surface area contributed by atoms with Crippen molar-refractivity contribution in [2.24, 2.45) is 0 Å². The number of aromatic carboxylic acids is 1. The molecule has 0 saturated carbocycles. The zero-order valence-electron chi connectivity index (χ0n) is 9.93. The van der Waals surface area contributed by atoms with Crippen molar-refractivity contribution < 1.29 is 18.3 Å². The number of nitrogens with one attached hydrogen (secondary N) is 1. The van der Waals surface area contributed by atoms with Gasteiger partial charge in [0.1, 0.15) is 9.23 Å². The van der Waals surface area contributed by atoms with Crippen molar-refractivity contribution in [3.05, 3.63) is 43.5 Å². The van der Waals surface area contributed by atoms with Gasteiger partial charge in [0.15, 0.2) is 0 Å². The summed E-state index contributed by atoms with van der Waals surface area (Å²) in [6.45, 7) is 0. The van der Waals surface area contributed by atoms with Gasteiger partial charge in [-0.05, 0) is 24.3 Å². The lowest BCUT2D eigenvalue weighted by Gasteiger charge is -2.08. The van der Waals surface area contributed by atoms with Gasteiger partial charge in [-0.3, -0.25) is 4.72 Å². The number of sulfonamides is 1. The molecular weight excluding hydrogens is 381 g/mol. The number of benzene rings is 1.